The molecule has 1 aromatic carbocycles. The molecule has 7 heteroatoms. The van der Waals surface area contributed by atoms with Gasteiger partial charge in [0, 0.05) is 6.20 Å². The number of nitrogens with zero attached hydrogens (tertiary/aromatic N) is 1. The zero-order valence-electron chi connectivity index (χ0n) is 10.9. The van der Waals surface area contributed by atoms with Gasteiger partial charge in [-0.1, -0.05) is 23.7 Å². The highest BCUT2D eigenvalue weighted by Gasteiger charge is 2.30. The molecule has 2 aromatic rings. The predicted octanol–water partition coefficient (Wildman–Crippen LogP) is 3.50. The van der Waals surface area contributed by atoms with Crippen molar-refractivity contribution < 1.29 is 13.2 Å². The third kappa shape index (κ3) is 4.17. The molecule has 3 nitrogen and oxygen atoms in total. The SMILES string of the molecule is NNC(Cc1ccc(C(F)(F)F)cc1)c1ccnc(Cl)c1. The van der Waals surface area contributed by atoms with Crippen LogP contribution in [-0.4, -0.2) is 4.98 Å². The maximum atomic E-state index is 12.5. The lowest BCUT2D eigenvalue weighted by Gasteiger charge is -2.17. The monoisotopic (exact) mass is 315 g/mol. The number of benzene rings is 1. The minimum absolute atomic E-state index is 0.262. The molecule has 0 amide bonds. The summed E-state index contributed by atoms with van der Waals surface area (Å²) in [6, 6.07) is 8.15. The molecule has 112 valence electrons. The molecular weight excluding hydrogens is 303 g/mol. The summed E-state index contributed by atoms with van der Waals surface area (Å²) < 4.78 is 37.5. The second-order valence-electron chi connectivity index (χ2n) is 4.53. The van der Waals surface area contributed by atoms with Crippen LogP contribution in [-0.2, 0) is 12.6 Å². The molecular formula is C14H13ClF3N3. The number of aromatic nitrogens is 1. The molecule has 21 heavy (non-hydrogen) atoms. The molecule has 0 aliphatic heterocycles. The molecule has 0 aliphatic carbocycles. The number of nitrogens with two attached hydrogens (primary N) is 1. The fourth-order valence-corrected chi connectivity index (χ4v) is 2.16. The van der Waals surface area contributed by atoms with Crippen molar-refractivity contribution in [3.63, 3.8) is 0 Å². The van der Waals surface area contributed by atoms with Gasteiger partial charge < -0.3 is 0 Å². The zero-order chi connectivity index (χ0) is 15.5. The molecule has 0 saturated carbocycles. The van der Waals surface area contributed by atoms with E-state index in [1.165, 1.54) is 12.1 Å². The number of hydrogen-bond donors (Lipinski definition) is 2. The highest BCUT2D eigenvalue weighted by molar-refractivity contribution is 6.29. The first-order chi connectivity index (χ1) is 9.90. The molecule has 0 fully saturated rings. The van der Waals surface area contributed by atoms with Gasteiger partial charge in [0.25, 0.3) is 0 Å². The number of alkyl halides is 3. The van der Waals surface area contributed by atoms with Gasteiger partial charge in [0.15, 0.2) is 0 Å². The predicted molar refractivity (Wildman–Crippen MR) is 74.5 cm³/mol. The number of pyridine rings is 1. The van der Waals surface area contributed by atoms with Crippen LogP contribution in [0.4, 0.5) is 13.2 Å². The summed E-state index contributed by atoms with van der Waals surface area (Å²) >= 11 is 5.82. The molecule has 2 rings (SSSR count). The highest BCUT2D eigenvalue weighted by atomic mass is 35.5. The Hall–Kier alpha value is -1.63. The topological polar surface area (TPSA) is 50.9 Å². The Bertz CT molecular complexity index is 599. The Kier molecular flexibility index (Phi) is 4.82. The van der Waals surface area contributed by atoms with Crippen LogP contribution in [0.5, 0.6) is 0 Å². The standard InChI is InChI=1S/C14H13ClF3N3/c15-13-8-10(5-6-20-13)12(21-19)7-9-1-3-11(4-2-9)14(16,17)18/h1-6,8,12,21H,7,19H2. The summed E-state index contributed by atoms with van der Waals surface area (Å²) in [5.74, 6) is 5.51. The quantitative estimate of drug-likeness (QED) is 0.516. The average Bonchev–Trinajstić information content (AvgIpc) is 2.44. The second-order valence-corrected chi connectivity index (χ2v) is 4.92. The van der Waals surface area contributed by atoms with E-state index >= 15 is 0 Å². The smallest absolute Gasteiger partial charge is 0.271 e. The average molecular weight is 316 g/mol. The third-order valence-corrected chi connectivity index (χ3v) is 3.28. The van der Waals surface area contributed by atoms with Crippen molar-refractivity contribution in [2.45, 2.75) is 18.6 Å². The zero-order valence-corrected chi connectivity index (χ0v) is 11.6. The van der Waals surface area contributed by atoms with E-state index in [1.807, 2.05) is 0 Å². The molecule has 0 bridgehead atoms. The van der Waals surface area contributed by atoms with Crippen LogP contribution in [0.3, 0.4) is 0 Å². The van der Waals surface area contributed by atoms with Crippen molar-refractivity contribution in [1.82, 2.24) is 10.4 Å². The first-order valence-electron chi connectivity index (χ1n) is 6.14. The summed E-state index contributed by atoms with van der Waals surface area (Å²) in [6.07, 6.45) is -2.34. The largest absolute Gasteiger partial charge is 0.416 e. The summed E-state index contributed by atoms with van der Waals surface area (Å²) in [5.41, 5.74) is 3.51. The van der Waals surface area contributed by atoms with Gasteiger partial charge in [0.1, 0.15) is 5.15 Å². The molecule has 1 aromatic heterocycles. The lowest BCUT2D eigenvalue weighted by atomic mass is 9.99. The summed E-state index contributed by atoms with van der Waals surface area (Å²) in [4.78, 5) is 3.87. The van der Waals surface area contributed by atoms with E-state index in [9.17, 15) is 13.2 Å². The first-order valence-corrected chi connectivity index (χ1v) is 6.51. The second kappa shape index (κ2) is 6.43. The third-order valence-electron chi connectivity index (χ3n) is 3.08. The molecule has 0 radical (unpaired) electrons. The van der Waals surface area contributed by atoms with E-state index in [4.69, 9.17) is 17.4 Å². The van der Waals surface area contributed by atoms with Gasteiger partial charge in [-0.15, -0.1) is 0 Å². The normalized spacial score (nSPS) is 13.2. The minimum atomic E-state index is -4.33. The van der Waals surface area contributed by atoms with Crippen molar-refractivity contribution in [2.24, 2.45) is 5.84 Å². The van der Waals surface area contributed by atoms with Gasteiger partial charge in [-0.05, 0) is 41.8 Å². The van der Waals surface area contributed by atoms with Gasteiger partial charge in [-0.25, -0.2) is 4.98 Å². The number of rotatable bonds is 4. The molecule has 1 heterocycles. The van der Waals surface area contributed by atoms with Crippen molar-refractivity contribution in [3.05, 3.63) is 64.4 Å². The number of hydrogen-bond acceptors (Lipinski definition) is 3. The van der Waals surface area contributed by atoms with E-state index in [1.54, 1.807) is 18.3 Å². The highest BCUT2D eigenvalue weighted by Crippen LogP contribution is 2.29. The Labute approximate surface area is 124 Å². The van der Waals surface area contributed by atoms with Crippen molar-refractivity contribution in [2.75, 3.05) is 0 Å². The minimum Gasteiger partial charge on any atom is -0.271 e. The van der Waals surface area contributed by atoms with E-state index < -0.39 is 11.7 Å². The van der Waals surface area contributed by atoms with Crippen LogP contribution in [0.25, 0.3) is 0 Å². The Morgan fingerprint density at radius 3 is 2.38 bits per heavy atom. The Morgan fingerprint density at radius 2 is 1.86 bits per heavy atom. The number of nitrogens with one attached hydrogen (secondary N) is 1. The molecule has 0 saturated heterocycles. The van der Waals surface area contributed by atoms with E-state index in [2.05, 4.69) is 10.4 Å². The maximum absolute atomic E-state index is 12.5. The number of halogens is 4. The lowest BCUT2D eigenvalue weighted by Crippen LogP contribution is -2.29. The van der Waals surface area contributed by atoms with Crippen LogP contribution >= 0.6 is 11.6 Å². The van der Waals surface area contributed by atoms with Crippen LogP contribution in [0, 0.1) is 0 Å². The van der Waals surface area contributed by atoms with Crippen LogP contribution in [0.1, 0.15) is 22.7 Å². The van der Waals surface area contributed by atoms with E-state index in [-0.39, 0.29) is 6.04 Å². The molecule has 1 atom stereocenters. The van der Waals surface area contributed by atoms with Crippen LogP contribution in [0.15, 0.2) is 42.6 Å². The molecule has 0 aliphatic rings. The summed E-state index contributed by atoms with van der Waals surface area (Å²) in [7, 11) is 0. The molecule has 0 spiro atoms. The first kappa shape index (κ1) is 15.8. The van der Waals surface area contributed by atoms with Crippen molar-refractivity contribution in [1.29, 1.82) is 0 Å². The van der Waals surface area contributed by atoms with Gasteiger partial charge >= 0.3 is 6.18 Å². The van der Waals surface area contributed by atoms with E-state index in [0.29, 0.717) is 11.6 Å². The van der Waals surface area contributed by atoms with Crippen molar-refractivity contribution in [3.8, 4) is 0 Å². The summed E-state index contributed by atoms with van der Waals surface area (Å²) in [6.45, 7) is 0. The Morgan fingerprint density at radius 1 is 1.19 bits per heavy atom. The fraction of sp³-hybridized carbons (Fsp3) is 0.214. The fourth-order valence-electron chi connectivity index (χ4n) is 1.97. The van der Waals surface area contributed by atoms with E-state index in [0.717, 1.165) is 23.3 Å². The van der Waals surface area contributed by atoms with Gasteiger partial charge in [-0.3, -0.25) is 11.3 Å². The maximum Gasteiger partial charge on any atom is 0.416 e. The molecule has 3 N–H and O–H groups in total. The number of hydrazine groups is 1. The van der Waals surface area contributed by atoms with Crippen molar-refractivity contribution >= 4 is 11.6 Å². The Balaban J connectivity index is 2.15. The van der Waals surface area contributed by atoms with Crippen LogP contribution < -0.4 is 11.3 Å². The lowest BCUT2D eigenvalue weighted by molar-refractivity contribution is -0.137. The summed E-state index contributed by atoms with van der Waals surface area (Å²) in [5, 5.41) is 0.333. The van der Waals surface area contributed by atoms with Gasteiger partial charge in [0.2, 0.25) is 0 Å². The van der Waals surface area contributed by atoms with Gasteiger partial charge in [0.05, 0.1) is 11.6 Å². The van der Waals surface area contributed by atoms with Crippen LogP contribution in [0.2, 0.25) is 5.15 Å². The van der Waals surface area contributed by atoms with Gasteiger partial charge in [-0.2, -0.15) is 13.2 Å². The molecule has 1 unspecified atom stereocenters.